The highest BCUT2D eigenvalue weighted by Crippen LogP contribution is 2.00. The largest absolute Gasteiger partial charge is 0.393 e. The SMILES string of the molecule is CC(O)CCC(=O)NCCCOCc1ccccc1. The van der Waals surface area contributed by atoms with Gasteiger partial charge in [-0.05, 0) is 25.3 Å². The first-order chi connectivity index (χ1) is 9.18. The second-order valence-corrected chi connectivity index (χ2v) is 4.63. The molecule has 1 unspecified atom stereocenters. The van der Waals surface area contributed by atoms with Crippen LogP contribution in [0.3, 0.4) is 0 Å². The molecule has 2 N–H and O–H groups in total. The lowest BCUT2D eigenvalue weighted by atomic mass is 10.2. The molecule has 0 aromatic heterocycles. The van der Waals surface area contributed by atoms with Crippen LogP contribution < -0.4 is 5.32 Å². The van der Waals surface area contributed by atoms with Crippen LogP contribution in [-0.4, -0.2) is 30.3 Å². The lowest BCUT2D eigenvalue weighted by Gasteiger charge is -2.07. The Morgan fingerprint density at radius 1 is 1.37 bits per heavy atom. The van der Waals surface area contributed by atoms with Gasteiger partial charge in [0.1, 0.15) is 0 Å². The van der Waals surface area contributed by atoms with Crippen LogP contribution in [0.1, 0.15) is 31.7 Å². The van der Waals surface area contributed by atoms with Gasteiger partial charge in [-0.2, -0.15) is 0 Å². The molecular weight excluding hydrogens is 242 g/mol. The van der Waals surface area contributed by atoms with E-state index in [1.54, 1.807) is 6.92 Å². The Bertz CT molecular complexity index is 352. The third kappa shape index (κ3) is 8.35. The molecule has 0 saturated carbocycles. The van der Waals surface area contributed by atoms with E-state index in [1.165, 1.54) is 0 Å². The molecule has 1 amide bonds. The Kier molecular flexibility index (Phi) is 7.86. The zero-order chi connectivity index (χ0) is 13.9. The van der Waals surface area contributed by atoms with Crippen molar-refractivity contribution in [2.75, 3.05) is 13.2 Å². The first-order valence-corrected chi connectivity index (χ1v) is 6.75. The van der Waals surface area contributed by atoms with Crippen molar-refractivity contribution in [1.29, 1.82) is 0 Å². The predicted octanol–water partition coefficient (Wildman–Crippen LogP) is 1.87. The van der Waals surface area contributed by atoms with Crippen molar-refractivity contribution in [2.45, 2.75) is 38.9 Å². The fraction of sp³-hybridized carbons (Fsp3) is 0.533. The van der Waals surface area contributed by atoms with Crippen LogP contribution in [0.4, 0.5) is 0 Å². The standard InChI is InChI=1S/C15H23NO3/c1-13(17)8-9-15(18)16-10-5-11-19-12-14-6-3-2-4-7-14/h2-4,6-7,13,17H,5,8-12H2,1H3,(H,16,18). The molecule has 19 heavy (non-hydrogen) atoms. The summed E-state index contributed by atoms with van der Waals surface area (Å²) in [4.78, 5) is 11.3. The topological polar surface area (TPSA) is 58.6 Å². The summed E-state index contributed by atoms with van der Waals surface area (Å²) < 4.78 is 5.51. The molecule has 4 nitrogen and oxygen atoms in total. The van der Waals surface area contributed by atoms with E-state index in [-0.39, 0.29) is 5.91 Å². The molecule has 4 heteroatoms. The molecule has 0 bridgehead atoms. The van der Waals surface area contributed by atoms with Gasteiger partial charge in [0, 0.05) is 19.6 Å². The third-order valence-corrected chi connectivity index (χ3v) is 2.69. The Balaban J connectivity index is 1.95. The number of aliphatic hydroxyl groups is 1. The van der Waals surface area contributed by atoms with Gasteiger partial charge in [0.25, 0.3) is 0 Å². The Morgan fingerprint density at radius 2 is 2.11 bits per heavy atom. The van der Waals surface area contributed by atoms with Gasteiger partial charge in [0.2, 0.25) is 5.91 Å². The number of carbonyl (C=O) groups excluding carboxylic acids is 1. The Hall–Kier alpha value is -1.39. The molecular formula is C15H23NO3. The normalized spacial score (nSPS) is 12.1. The molecule has 0 aliphatic rings. The molecule has 0 heterocycles. The summed E-state index contributed by atoms with van der Waals surface area (Å²) in [5.41, 5.74) is 1.16. The van der Waals surface area contributed by atoms with Gasteiger partial charge >= 0.3 is 0 Å². The number of benzene rings is 1. The summed E-state index contributed by atoms with van der Waals surface area (Å²) in [6.07, 6.45) is 1.27. The van der Waals surface area contributed by atoms with Crippen LogP contribution in [0.15, 0.2) is 30.3 Å². The van der Waals surface area contributed by atoms with Gasteiger partial charge in [-0.25, -0.2) is 0 Å². The number of hydrogen-bond donors (Lipinski definition) is 2. The number of hydrogen-bond acceptors (Lipinski definition) is 3. The molecule has 1 rings (SSSR count). The highest BCUT2D eigenvalue weighted by Gasteiger charge is 2.03. The first kappa shape index (κ1) is 15.7. The number of ether oxygens (including phenoxy) is 1. The molecule has 0 spiro atoms. The maximum absolute atomic E-state index is 11.3. The molecule has 0 radical (unpaired) electrons. The van der Waals surface area contributed by atoms with Gasteiger partial charge in [0.15, 0.2) is 0 Å². The van der Waals surface area contributed by atoms with Crippen molar-refractivity contribution in [3.63, 3.8) is 0 Å². The minimum Gasteiger partial charge on any atom is -0.393 e. The minimum atomic E-state index is -0.417. The van der Waals surface area contributed by atoms with Gasteiger partial charge in [-0.3, -0.25) is 4.79 Å². The molecule has 0 saturated heterocycles. The van der Waals surface area contributed by atoms with E-state index >= 15 is 0 Å². The average molecular weight is 265 g/mol. The van der Waals surface area contributed by atoms with E-state index in [1.807, 2.05) is 30.3 Å². The molecule has 1 aromatic rings. The molecule has 1 atom stereocenters. The van der Waals surface area contributed by atoms with Crippen molar-refractivity contribution in [3.8, 4) is 0 Å². The smallest absolute Gasteiger partial charge is 0.220 e. The molecule has 1 aromatic carbocycles. The zero-order valence-electron chi connectivity index (χ0n) is 11.5. The van der Waals surface area contributed by atoms with Crippen molar-refractivity contribution < 1.29 is 14.6 Å². The van der Waals surface area contributed by atoms with Crippen LogP contribution in [0.5, 0.6) is 0 Å². The first-order valence-electron chi connectivity index (χ1n) is 6.75. The van der Waals surface area contributed by atoms with Gasteiger partial charge in [-0.1, -0.05) is 30.3 Å². The lowest BCUT2D eigenvalue weighted by molar-refractivity contribution is -0.121. The van der Waals surface area contributed by atoms with Crippen LogP contribution in [0.2, 0.25) is 0 Å². The van der Waals surface area contributed by atoms with Gasteiger partial charge in [-0.15, -0.1) is 0 Å². The van der Waals surface area contributed by atoms with Crippen molar-refractivity contribution in [3.05, 3.63) is 35.9 Å². The van der Waals surface area contributed by atoms with Crippen molar-refractivity contribution >= 4 is 5.91 Å². The zero-order valence-corrected chi connectivity index (χ0v) is 11.5. The van der Waals surface area contributed by atoms with E-state index < -0.39 is 6.10 Å². The quantitative estimate of drug-likeness (QED) is 0.670. The average Bonchev–Trinajstić information content (AvgIpc) is 2.41. The number of carbonyl (C=O) groups is 1. The summed E-state index contributed by atoms with van der Waals surface area (Å²) >= 11 is 0. The second-order valence-electron chi connectivity index (χ2n) is 4.63. The summed E-state index contributed by atoms with van der Waals surface area (Å²) in [7, 11) is 0. The molecule has 0 fully saturated rings. The van der Waals surface area contributed by atoms with E-state index in [0.29, 0.717) is 32.6 Å². The third-order valence-electron chi connectivity index (χ3n) is 2.69. The summed E-state index contributed by atoms with van der Waals surface area (Å²) in [5, 5.41) is 11.9. The Labute approximate surface area is 114 Å². The van der Waals surface area contributed by atoms with Crippen molar-refractivity contribution in [2.24, 2.45) is 0 Å². The fourth-order valence-corrected chi connectivity index (χ4v) is 1.59. The van der Waals surface area contributed by atoms with Gasteiger partial charge in [0.05, 0.1) is 12.7 Å². The number of aliphatic hydroxyl groups excluding tert-OH is 1. The monoisotopic (exact) mass is 265 g/mol. The van der Waals surface area contributed by atoms with Crippen molar-refractivity contribution in [1.82, 2.24) is 5.32 Å². The molecule has 0 aliphatic carbocycles. The maximum Gasteiger partial charge on any atom is 0.220 e. The second kappa shape index (κ2) is 9.53. The van der Waals surface area contributed by atoms with Crippen LogP contribution in [-0.2, 0) is 16.1 Å². The summed E-state index contributed by atoms with van der Waals surface area (Å²) in [6, 6.07) is 10.0. The molecule has 0 aliphatic heterocycles. The maximum atomic E-state index is 11.3. The van der Waals surface area contributed by atoms with E-state index in [9.17, 15) is 4.79 Å². The number of rotatable bonds is 9. The molecule has 106 valence electrons. The Morgan fingerprint density at radius 3 is 2.79 bits per heavy atom. The van der Waals surface area contributed by atoms with Gasteiger partial charge < -0.3 is 15.2 Å². The van der Waals surface area contributed by atoms with E-state index in [0.717, 1.165) is 12.0 Å². The minimum absolute atomic E-state index is 0.0102. The van der Waals surface area contributed by atoms with Crippen LogP contribution >= 0.6 is 0 Å². The fourth-order valence-electron chi connectivity index (χ4n) is 1.59. The predicted molar refractivity (Wildman–Crippen MR) is 74.6 cm³/mol. The van der Waals surface area contributed by atoms with Crippen LogP contribution in [0, 0.1) is 0 Å². The number of nitrogens with one attached hydrogen (secondary N) is 1. The summed E-state index contributed by atoms with van der Waals surface area (Å²) in [6.45, 7) is 3.54. The highest BCUT2D eigenvalue weighted by atomic mass is 16.5. The van der Waals surface area contributed by atoms with E-state index in [4.69, 9.17) is 9.84 Å². The highest BCUT2D eigenvalue weighted by molar-refractivity contribution is 5.75. The lowest BCUT2D eigenvalue weighted by Crippen LogP contribution is -2.25. The number of amides is 1. The summed E-state index contributed by atoms with van der Waals surface area (Å²) in [5.74, 6) is -0.0102. The van der Waals surface area contributed by atoms with Crippen LogP contribution in [0.25, 0.3) is 0 Å². The van der Waals surface area contributed by atoms with E-state index in [2.05, 4.69) is 5.32 Å².